The third-order valence-corrected chi connectivity index (χ3v) is 3.62. The first-order valence-electron chi connectivity index (χ1n) is 7.14. The number of carbonyl (C=O) groups is 2. The summed E-state index contributed by atoms with van der Waals surface area (Å²) in [7, 11) is 0. The molecule has 1 amide bonds. The summed E-state index contributed by atoms with van der Waals surface area (Å²) in [6.45, 7) is 1.73. The highest BCUT2D eigenvalue weighted by Gasteiger charge is 2.15. The van der Waals surface area contributed by atoms with Crippen molar-refractivity contribution in [3.8, 4) is 0 Å². The van der Waals surface area contributed by atoms with Gasteiger partial charge in [0, 0.05) is 11.1 Å². The maximum Gasteiger partial charge on any atom is 0.349 e. The quantitative estimate of drug-likeness (QED) is 0.722. The minimum Gasteiger partial charge on any atom is -0.478 e. The predicted molar refractivity (Wildman–Crippen MR) is 88.6 cm³/mol. The van der Waals surface area contributed by atoms with E-state index in [4.69, 9.17) is 9.52 Å². The van der Waals surface area contributed by atoms with Crippen LogP contribution in [0, 0.1) is 6.92 Å². The number of hydrogen-bond donors (Lipinski definition) is 2. The molecule has 0 unspecified atom stereocenters. The van der Waals surface area contributed by atoms with E-state index in [-0.39, 0.29) is 11.1 Å². The summed E-state index contributed by atoms with van der Waals surface area (Å²) in [5.41, 5.74) is 0.544. The van der Waals surface area contributed by atoms with E-state index >= 15 is 0 Å². The summed E-state index contributed by atoms with van der Waals surface area (Å²) in [6.07, 6.45) is 0. The zero-order valence-corrected chi connectivity index (χ0v) is 12.7. The summed E-state index contributed by atoms with van der Waals surface area (Å²) in [5, 5.41) is 12.2. The lowest BCUT2D eigenvalue weighted by atomic mass is 10.1. The van der Waals surface area contributed by atoms with Crippen molar-refractivity contribution in [3.63, 3.8) is 0 Å². The lowest BCUT2D eigenvalue weighted by molar-refractivity contribution is 0.0696. The Balaban J connectivity index is 1.99. The molecular weight excluding hydrogens is 310 g/mol. The molecule has 2 N–H and O–H groups in total. The van der Waals surface area contributed by atoms with E-state index in [0.29, 0.717) is 22.2 Å². The van der Waals surface area contributed by atoms with E-state index in [9.17, 15) is 14.4 Å². The number of para-hydroxylation sites is 1. The van der Waals surface area contributed by atoms with Gasteiger partial charge in [0.1, 0.15) is 11.1 Å². The maximum absolute atomic E-state index is 12.4. The summed E-state index contributed by atoms with van der Waals surface area (Å²) in [4.78, 5) is 35.4. The molecule has 6 nitrogen and oxygen atoms in total. The highest BCUT2D eigenvalue weighted by atomic mass is 16.4. The Bertz CT molecular complexity index is 1020. The third kappa shape index (κ3) is 2.89. The Morgan fingerprint density at radius 1 is 1.08 bits per heavy atom. The van der Waals surface area contributed by atoms with Crippen molar-refractivity contribution >= 4 is 28.5 Å². The predicted octanol–water partition coefficient (Wildman–Crippen LogP) is 3.05. The first-order valence-corrected chi connectivity index (χ1v) is 7.14. The molecule has 1 heterocycles. The lowest BCUT2D eigenvalue weighted by Gasteiger charge is -2.09. The molecular formula is C18H13NO5. The van der Waals surface area contributed by atoms with Crippen LogP contribution >= 0.6 is 0 Å². The van der Waals surface area contributed by atoms with Crippen molar-refractivity contribution < 1.29 is 19.1 Å². The molecule has 0 fully saturated rings. The van der Waals surface area contributed by atoms with Gasteiger partial charge < -0.3 is 14.8 Å². The van der Waals surface area contributed by atoms with Crippen molar-refractivity contribution in [2.24, 2.45) is 0 Å². The molecule has 0 radical (unpaired) electrons. The van der Waals surface area contributed by atoms with Crippen LogP contribution in [0.15, 0.2) is 57.7 Å². The number of aromatic carboxylic acids is 1. The van der Waals surface area contributed by atoms with E-state index in [0.717, 1.165) is 0 Å². The average Bonchev–Trinajstić information content (AvgIpc) is 2.55. The number of hydrogen-bond acceptors (Lipinski definition) is 4. The normalized spacial score (nSPS) is 10.5. The van der Waals surface area contributed by atoms with Crippen LogP contribution in [-0.2, 0) is 0 Å². The number of rotatable bonds is 3. The number of amides is 1. The van der Waals surface area contributed by atoms with Gasteiger partial charge in [0.2, 0.25) is 0 Å². The van der Waals surface area contributed by atoms with Crippen LogP contribution in [0.2, 0.25) is 0 Å². The first-order chi connectivity index (χ1) is 11.5. The SMILES string of the molecule is Cc1ccc(C(=O)O)cc1NC(=O)c1cc2ccccc2oc1=O. The van der Waals surface area contributed by atoms with Crippen molar-refractivity contribution in [2.75, 3.05) is 5.32 Å². The molecule has 6 heteroatoms. The van der Waals surface area contributed by atoms with E-state index < -0.39 is 17.5 Å². The molecule has 0 bridgehead atoms. The molecule has 0 spiro atoms. The van der Waals surface area contributed by atoms with E-state index in [1.54, 1.807) is 37.3 Å². The number of benzene rings is 2. The van der Waals surface area contributed by atoms with Gasteiger partial charge in [-0.3, -0.25) is 4.79 Å². The molecule has 0 atom stereocenters. The fourth-order valence-corrected chi connectivity index (χ4v) is 2.30. The van der Waals surface area contributed by atoms with Gasteiger partial charge in [-0.15, -0.1) is 0 Å². The Morgan fingerprint density at radius 3 is 2.58 bits per heavy atom. The first kappa shape index (κ1) is 15.5. The second-order valence-corrected chi connectivity index (χ2v) is 5.27. The van der Waals surface area contributed by atoms with Crippen molar-refractivity contribution in [1.82, 2.24) is 0 Å². The highest BCUT2D eigenvalue weighted by Crippen LogP contribution is 2.19. The third-order valence-electron chi connectivity index (χ3n) is 3.62. The van der Waals surface area contributed by atoms with Crippen molar-refractivity contribution in [1.29, 1.82) is 0 Å². The van der Waals surface area contributed by atoms with Crippen LogP contribution in [0.1, 0.15) is 26.3 Å². The highest BCUT2D eigenvalue weighted by molar-refractivity contribution is 6.06. The number of anilines is 1. The Morgan fingerprint density at radius 2 is 1.83 bits per heavy atom. The van der Waals surface area contributed by atoms with Gasteiger partial charge in [0.25, 0.3) is 5.91 Å². The number of fused-ring (bicyclic) bond motifs is 1. The zero-order valence-electron chi connectivity index (χ0n) is 12.7. The number of carboxylic acid groups (broad SMARTS) is 1. The summed E-state index contributed by atoms with van der Waals surface area (Å²) < 4.78 is 5.13. The number of carboxylic acids is 1. The largest absolute Gasteiger partial charge is 0.478 e. The van der Waals surface area contributed by atoms with Gasteiger partial charge in [0.05, 0.1) is 5.56 Å². The molecule has 3 rings (SSSR count). The monoisotopic (exact) mass is 323 g/mol. The lowest BCUT2D eigenvalue weighted by Crippen LogP contribution is -2.21. The molecule has 120 valence electrons. The average molecular weight is 323 g/mol. The fourth-order valence-electron chi connectivity index (χ4n) is 2.30. The molecule has 0 aliphatic carbocycles. The van der Waals surface area contributed by atoms with Crippen LogP contribution in [-0.4, -0.2) is 17.0 Å². The Kier molecular flexibility index (Phi) is 3.87. The zero-order chi connectivity index (χ0) is 17.3. The summed E-state index contributed by atoms with van der Waals surface area (Å²) in [5.74, 6) is -1.75. The number of carbonyl (C=O) groups excluding carboxylic acids is 1. The molecule has 0 saturated carbocycles. The van der Waals surface area contributed by atoms with Gasteiger partial charge in [0.15, 0.2) is 0 Å². The maximum atomic E-state index is 12.4. The molecule has 0 aliphatic heterocycles. The van der Waals surface area contributed by atoms with Gasteiger partial charge in [-0.05, 0) is 36.8 Å². The minimum absolute atomic E-state index is 0.0430. The molecule has 0 aliphatic rings. The molecule has 24 heavy (non-hydrogen) atoms. The summed E-state index contributed by atoms with van der Waals surface area (Å²) >= 11 is 0. The Labute approximate surface area is 136 Å². The number of nitrogens with one attached hydrogen (secondary N) is 1. The van der Waals surface area contributed by atoms with Gasteiger partial charge in [-0.1, -0.05) is 24.3 Å². The van der Waals surface area contributed by atoms with Gasteiger partial charge in [-0.25, -0.2) is 9.59 Å². The van der Waals surface area contributed by atoms with Crippen LogP contribution < -0.4 is 10.9 Å². The van der Waals surface area contributed by atoms with Crippen LogP contribution in [0.3, 0.4) is 0 Å². The smallest absolute Gasteiger partial charge is 0.349 e. The standard InChI is InChI=1S/C18H13NO5/c1-10-6-7-12(17(21)22)9-14(10)19-16(20)13-8-11-4-2-3-5-15(11)24-18(13)23/h2-9H,1H3,(H,19,20)(H,21,22). The van der Waals surface area contributed by atoms with Crippen molar-refractivity contribution in [3.05, 3.63) is 75.6 Å². The number of aryl methyl sites for hydroxylation is 1. The second-order valence-electron chi connectivity index (χ2n) is 5.27. The van der Waals surface area contributed by atoms with Crippen LogP contribution in [0.25, 0.3) is 11.0 Å². The summed E-state index contributed by atoms with van der Waals surface area (Å²) in [6, 6.07) is 12.7. The van der Waals surface area contributed by atoms with Crippen LogP contribution in [0.4, 0.5) is 5.69 Å². The minimum atomic E-state index is -1.10. The topological polar surface area (TPSA) is 96.6 Å². The van der Waals surface area contributed by atoms with E-state index in [1.807, 2.05) is 0 Å². The Hall–Kier alpha value is -3.41. The van der Waals surface area contributed by atoms with E-state index in [1.165, 1.54) is 18.2 Å². The van der Waals surface area contributed by atoms with Gasteiger partial charge >= 0.3 is 11.6 Å². The molecule has 0 saturated heterocycles. The second kappa shape index (κ2) is 6.00. The van der Waals surface area contributed by atoms with Crippen molar-refractivity contribution in [2.45, 2.75) is 6.92 Å². The van der Waals surface area contributed by atoms with E-state index in [2.05, 4.69) is 5.32 Å². The molecule has 3 aromatic rings. The molecule has 2 aromatic carbocycles. The van der Waals surface area contributed by atoms with Gasteiger partial charge in [-0.2, -0.15) is 0 Å². The van der Waals surface area contributed by atoms with Crippen LogP contribution in [0.5, 0.6) is 0 Å². The molecule has 1 aromatic heterocycles. The fraction of sp³-hybridized carbons (Fsp3) is 0.0556.